The first-order chi connectivity index (χ1) is 7.76. The van der Waals surface area contributed by atoms with E-state index in [0.717, 1.165) is 0 Å². The quantitative estimate of drug-likeness (QED) is 0.773. The predicted molar refractivity (Wildman–Crippen MR) is 59.6 cm³/mol. The van der Waals surface area contributed by atoms with Crippen molar-refractivity contribution >= 4 is 11.6 Å². The number of anilines is 1. The number of carbonyl (C=O) groups is 1. The van der Waals surface area contributed by atoms with E-state index >= 15 is 0 Å². The van der Waals surface area contributed by atoms with Crippen molar-refractivity contribution in [2.24, 2.45) is 0 Å². The topological polar surface area (TPSA) is 62.1 Å². The van der Waals surface area contributed by atoms with Gasteiger partial charge in [0.05, 0.1) is 6.07 Å². The smallest absolute Gasteiger partial charge is 0.238 e. The lowest BCUT2D eigenvalue weighted by Crippen LogP contribution is -2.10. The second-order valence-electron chi connectivity index (χ2n) is 2.90. The van der Waals surface area contributed by atoms with Crippen molar-refractivity contribution in [2.45, 2.75) is 6.42 Å². The highest BCUT2D eigenvalue weighted by molar-refractivity contribution is 5.92. The Kier molecular flexibility index (Phi) is 4.43. The van der Waals surface area contributed by atoms with Gasteiger partial charge in [-0.3, -0.25) is 4.79 Å². The van der Waals surface area contributed by atoms with Crippen LogP contribution in [0.4, 0.5) is 5.69 Å². The van der Waals surface area contributed by atoms with Crippen LogP contribution in [0.5, 0.6) is 5.75 Å². The first-order valence-corrected chi connectivity index (χ1v) is 4.59. The molecule has 1 aromatic carbocycles. The fourth-order valence-corrected chi connectivity index (χ4v) is 1.07. The van der Waals surface area contributed by atoms with Gasteiger partial charge in [0, 0.05) is 11.8 Å². The Hall–Kier alpha value is -2.46. The maximum atomic E-state index is 11.1. The van der Waals surface area contributed by atoms with E-state index in [4.69, 9.17) is 16.4 Å². The third kappa shape index (κ3) is 3.73. The number of terminal acetylenes is 1. The van der Waals surface area contributed by atoms with Crippen molar-refractivity contribution in [1.29, 1.82) is 5.26 Å². The number of carbonyl (C=O) groups excluding carboxylic acids is 1. The number of rotatable bonds is 4. The van der Waals surface area contributed by atoms with Crippen LogP contribution in [0.25, 0.3) is 0 Å². The number of amides is 1. The summed E-state index contributed by atoms with van der Waals surface area (Å²) < 4.78 is 5.18. The highest BCUT2D eigenvalue weighted by Crippen LogP contribution is 2.17. The van der Waals surface area contributed by atoms with E-state index in [2.05, 4.69) is 11.2 Å². The molecule has 0 fully saturated rings. The first-order valence-electron chi connectivity index (χ1n) is 4.59. The molecule has 0 saturated heterocycles. The molecule has 1 rings (SSSR count). The molecule has 0 aliphatic rings. The summed E-state index contributed by atoms with van der Waals surface area (Å²) in [5, 5.41) is 10.9. The monoisotopic (exact) mass is 214 g/mol. The van der Waals surface area contributed by atoms with Gasteiger partial charge in [0.2, 0.25) is 5.91 Å². The summed E-state index contributed by atoms with van der Waals surface area (Å²) in [6.45, 7) is 0.176. The maximum Gasteiger partial charge on any atom is 0.238 e. The summed E-state index contributed by atoms with van der Waals surface area (Å²) in [6, 6.07) is 8.58. The molecule has 0 heterocycles. The SMILES string of the molecule is C#CCOc1cccc(NC(=O)CC#N)c1. The van der Waals surface area contributed by atoms with Gasteiger partial charge in [-0.1, -0.05) is 12.0 Å². The summed E-state index contributed by atoms with van der Waals surface area (Å²) in [4.78, 5) is 11.1. The van der Waals surface area contributed by atoms with Gasteiger partial charge in [0.15, 0.2) is 0 Å². The molecule has 0 unspecified atom stereocenters. The zero-order valence-corrected chi connectivity index (χ0v) is 8.56. The van der Waals surface area contributed by atoms with E-state index in [1.807, 2.05) is 0 Å². The van der Waals surface area contributed by atoms with Crippen LogP contribution in [0.2, 0.25) is 0 Å². The number of nitrogens with one attached hydrogen (secondary N) is 1. The summed E-state index contributed by atoms with van der Waals surface area (Å²) in [7, 11) is 0. The minimum absolute atomic E-state index is 0.171. The Labute approximate surface area is 93.8 Å². The third-order valence-electron chi connectivity index (χ3n) is 1.68. The standard InChI is InChI=1S/C12H10N2O2/c1-2-8-16-11-5-3-4-10(9-11)14-12(15)6-7-13/h1,3-5,9H,6,8H2,(H,14,15). The second kappa shape index (κ2) is 6.10. The van der Waals surface area contributed by atoms with Gasteiger partial charge in [-0.2, -0.15) is 5.26 Å². The molecule has 1 N–H and O–H groups in total. The van der Waals surface area contributed by atoms with Gasteiger partial charge in [0.1, 0.15) is 18.8 Å². The fraction of sp³-hybridized carbons (Fsp3) is 0.167. The predicted octanol–water partition coefficient (Wildman–Crippen LogP) is 1.55. The molecule has 0 aromatic heterocycles. The molecule has 16 heavy (non-hydrogen) atoms. The zero-order valence-electron chi connectivity index (χ0n) is 8.56. The molecule has 4 heteroatoms. The van der Waals surface area contributed by atoms with E-state index < -0.39 is 0 Å². The Bertz CT molecular complexity index is 455. The van der Waals surface area contributed by atoms with E-state index in [1.54, 1.807) is 30.3 Å². The average molecular weight is 214 g/mol. The Morgan fingerprint density at radius 2 is 2.38 bits per heavy atom. The lowest BCUT2D eigenvalue weighted by atomic mass is 10.3. The zero-order chi connectivity index (χ0) is 11.8. The van der Waals surface area contributed by atoms with E-state index in [1.165, 1.54) is 0 Å². The summed E-state index contributed by atoms with van der Waals surface area (Å²) in [6.07, 6.45) is 4.88. The highest BCUT2D eigenvalue weighted by atomic mass is 16.5. The molecule has 0 radical (unpaired) electrons. The van der Waals surface area contributed by atoms with Gasteiger partial charge < -0.3 is 10.1 Å². The molecule has 0 aliphatic carbocycles. The Morgan fingerprint density at radius 1 is 1.56 bits per heavy atom. The van der Waals surface area contributed by atoms with E-state index in [-0.39, 0.29) is 18.9 Å². The second-order valence-corrected chi connectivity index (χ2v) is 2.90. The molecule has 0 bridgehead atoms. The van der Waals surface area contributed by atoms with Crippen LogP contribution in [0.3, 0.4) is 0 Å². The van der Waals surface area contributed by atoms with E-state index in [9.17, 15) is 4.79 Å². The van der Waals surface area contributed by atoms with Gasteiger partial charge in [-0.15, -0.1) is 6.42 Å². The van der Waals surface area contributed by atoms with Gasteiger partial charge in [-0.25, -0.2) is 0 Å². The normalized spacial score (nSPS) is 8.62. The van der Waals surface area contributed by atoms with Crippen LogP contribution < -0.4 is 10.1 Å². The molecule has 0 aliphatic heterocycles. The molecule has 80 valence electrons. The molecule has 4 nitrogen and oxygen atoms in total. The highest BCUT2D eigenvalue weighted by Gasteiger charge is 2.01. The van der Waals surface area contributed by atoms with Crippen LogP contribution in [-0.4, -0.2) is 12.5 Å². The minimum Gasteiger partial charge on any atom is -0.481 e. The van der Waals surface area contributed by atoms with Crippen molar-refractivity contribution in [3.8, 4) is 24.2 Å². The van der Waals surface area contributed by atoms with Gasteiger partial charge in [0.25, 0.3) is 0 Å². The summed E-state index contributed by atoms with van der Waals surface area (Å²) in [5.41, 5.74) is 0.578. The maximum absolute atomic E-state index is 11.1. The number of nitrogens with zero attached hydrogens (tertiary/aromatic N) is 1. The first kappa shape index (κ1) is 11.6. The molecular weight excluding hydrogens is 204 g/mol. The Balaban J connectivity index is 2.64. The number of nitriles is 1. The van der Waals surface area contributed by atoms with E-state index in [0.29, 0.717) is 11.4 Å². The molecule has 0 spiro atoms. The fourth-order valence-electron chi connectivity index (χ4n) is 1.07. The van der Waals surface area contributed by atoms with Crippen LogP contribution in [0, 0.1) is 23.7 Å². The van der Waals surface area contributed by atoms with Gasteiger partial charge in [-0.05, 0) is 12.1 Å². The van der Waals surface area contributed by atoms with Crippen molar-refractivity contribution in [2.75, 3.05) is 11.9 Å². The molecule has 1 amide bonds. The molecular formula is C12H10N2O2. The van der Waals surface area contributed by atoms with Crippen LogP contribution in [-0.2, 0) is 4.79 Å². The summed E-state index contributed by atoms with van der Waals surface area (Å²) in [5.74, 6) is 2.57. The van der Waals surface area contributed by atoms with Gasteiger partial charge >= 0.3 is 0 Å². The lowest BCUT2D eigenvalue weighted by molar-refractivity contribution is -0.115. The third-order valence-corrected chi connectivity index (χ3v) is 1.68. The molecule has 0 atom stereocenters. The lowest BCUT2D eigenvalue weighted by Gasteiger charge is -2.06. The number of benzene rings is 1. The minimum atomic E-state index is -0.350. The Morgan fingerprint density at radius 3 is 3.06 bits per heavy atom. The van der Waals surface area contributed by atoms with Crippen LogP contribution in [0.1, 0.15) is 6.42 Å². The van der Waals surface area contributed by atoms with Crippen LogP contribution in [0.15, 0.2) is 24.3 Å². The van der Waals surface area contributed by atoms with Crippen molar-refractivity contribution in [3.05, 3.63) is 24.3 Å². The van der Waals surface area contributed by atoms with Crippen molar-refractivity contribution < 1.29 is 9.53 Å². The molecule has 1 aromatic rings. The number of hydrogen-bond acceptors (Lipinski definition) is 3. The van der Waals surface area contributed by atoms with Crippen molar-refractivity contribution in [1.82, 2.24) is 0 Å². The number of ether oxygens (including phenoxy) is 1. The molecule has 0 saturated carbocycles. The number of hydrogen-bond donors (Lipinski definition) is 1. The largest absolute Gasteiger partial charge is 0.481 e. The van der Waals surface area contributed by atoms with Crippen molar-refractivity contribution in [3.63, 3.8) is 0 Å². The van der Waals surface area contributed by atoms with Crippen LogP contribution >= 0.6 is 0 Å². The average Bonchev–Trinajstić information content (AvgIpc) is 2.27. The summed E-state index contributed by atoms with van der Waals surface area (Å²) >= 11 is 0.